The molecule has 134 valence electrons. The Morgan fingerprint density at radius 2 is 1.96 bits per heavy atom. The van der Waals surface area contributed by atoms with Gasteiger partial charge < -0.3 is 5.32 Å². The number of nitrogens with one attached hydrogen (secondary N) is 2. The van der Waals surface area contributed by atoms with Gasteiger partial charge in [-0.3, -0.25) is 9.89 Å². The lowest BCUT2D eigenvalue weighted by atomic mass is 10.1. The van der Waals surface area contributed by atoms with Crippen molar-refractivity contribution in [1.82, 2.24) is 19.8 Å². The van der Waals surface area contributed by atoms with Crippen molar-refractivity contribution in [3.63, 3.8) is 0 Å². The molecule has 4 rings (SSSR count). The van der Waals surface area contributed by atoms with Crippen LogP contribution in [0.5, 0.6) is 0 Å². The van der Waals surface area contributed by atoms with E-state index < -0.39 is 10.0 Å². The number of fused-ring (bicyclic) bond motifs is 1. The molecule has 7 nitrogen and oxygen atoms in total. The van der Waals surface area contributed by atoms with Crippen molar-refractivity contribution in [3.05, 3.63) is 28.9 Å². The summed E-state index contributed by atoms with van der Waals surface area (Å²) < 4.78 is 26.1. The molecule has 0 atom stereocenters. The van der Waals surface area contributed by atoms with Gasteiger partial charge in [0.15, 0.2) is 0 Å². The highest BCUT2D eigenvalue weighted by Crippen LogP contribution is 2.32. The Labute approximate surface area is 150 Å². The number of carbonyl (C=O) groups excluding carboxylic acids is 1. The van der Waals surface area contributed by atoms with Gasteiger partial charge in [-0.2, -0.15) is 5.10 Å². The van der Waals surface area contributed by atoms with E-state index in [0.29, 0.717) is 42.0 Å². The van der Waals surface area contributed by atoms with Crippen LogP contribution in [0.2, 0.25) is 5.02 Å². The molecular weight excluding hydrogens is 364 g/mol. The maximum absolute atomic E-state index is 12.6. The number of hydrogen-bond donors (Lipinski definition) is 2. The summed E-state index contributed by atoms with van der Waals surface area (Å²) in [6.45, 7) is 0.914. The summed E-state index contributed by atoms with van der Waals surface area (Å²) >= 11 is 6.08. The number of sulfonamides is 1. The van der Waals surface area contributed by atoms with Crippen LogP contribution < -0.4 is 5.32 Å². The number of piperidine rings is 1. The summed E-state index contributed by atoms with van der Waals surface area (Å²) in [5.41, 5.74) is 1.10. The van der Waals surface area contributed by atoms with E-state index in [1.54, 1.807) is 22.6 Å². The van der Waals surface area contributed by atoms with Crippen molar-refractivity contribution < 1.29 is 13.2 Å². The summed E-state index contributed by atoms with van der Waals surface area (Å²) in [4.78, 5) is 12.6. The van der Waals surface area contributed by atoms with Crippen LogP contribution in [-0.4, -0.2) is 53.2 Å². The predicted molar refractivity (Wildman–Crippen MR) is 95.1 cm³/mol. The van der Waals surface area contributed by atoms with E-state index in [1.807, 2.05) is 0 Å². The van der Waals surface area contributed by atoms with Crippen LogP contribution in [0, 0.1) is 0 Å². The van der Waals surface area contributed by atoms with Crippen LogP contribution in [-0.2, 0) is 10.0 Å². The van der Waals surface area contributed by atoms with Crippen molar-refractivity contribution in [2.75, 3.05) is 13.1 Å². The topological polar surface area (TPSA) is 95.2 Å². The minimum Gasteiger partial charge on any atom is -0.349 e. The van der Waals surface area contributed by atoms with E-state index in [0.717, 1.165) is 18.2 Å². The van der Waals surface area contributed by atoms with Gasteiger partial charge in [0.2, 0.25) is 10.0 Å². The van der Waals surface area contributed by atoms with E-state index in [1.165, 1.54) is 0 Å². The number of aromatic nitrogens is 2. The zero-order valence-electron chi connectivity index (χ0n) is 13.5. The molecular formula is C16H19ClN4O3S. The quantitative estimate of drug-likeness (QED) is 0.844. The third-order valence-electron chi connectivity index (χ3n) is 4.85. The lowest BCUT2D eigenvalue weighted by Crippen LogP contribution is -2.47. The fourth-order valence-electron chi connectivity index (χ4n) is 3.29. The molecule has 2 fully saturated rings. The van der Waals surface area contributed by atoms with Gasteiger partial charge in [0, 0.05) is 29.5 Å². The average Bonchev–Trinajstić information content (AvgIpc) is 3.34. The van der Waals surface area contributed by atoms with Gasteiger partial charge in [-0.15, -0.1) is 0 Å². The summed E-state index contributed by atoms with van der Waals surface area (Å²) in [6.07, 6.45) is 4.40. The monoisotopic (exact) mass is 382 g/mol. The van der Waals surface area contributed by atoms with Crippen LogP contribution in [0.15, 0.2) is 18.3 Å². The molecule has 1 aromatic heterocycles. The van der Waals surface area contributed by atoms with E-state index in [2.05, 4.69) is 15.5 Å². The minimum absolute atomic E-state index is 0.0462. The van der Waals surface area contributed by atoms with Crippen molar-refractivity contribution in [1.29, 1.82) is 0 Å². The van der Waals surface area contributed by atoms with Gasteiger partial charge in [-0.05, 0) is 37.8 Å². The first kappa shape index (κ1) is 16.8. The lowest BCUT2D eigenvalue weighted by Gasteiger charge is -2.31. The first-order valence-corrected chi connectivity index (χ1v) is 10.3. The van der Waals surface area contributed by atoms with Gasteiger partial charge >= 0.3 is 0 Å². The maximum Gasteiger partial charge on any atom is 0.253 e. The predicted octanol–water partition coefficient (Wildman–Crippen LogP) is 1.90. The molecule has 1 aromatic carbocycles. The zero-order chi connectivity index (χ0) is 17.6. The number of amides is 1. The Bertz CT molecular complexity index is 915. The molecule has 1 aliphatic carbocycles. The number of carbonyl (C=O) groups is 1. The first-order valence-electron chi connectivity index (χ1n) is 8.37. The van der Waals surface area contributed by atoms with Gasteiger partial charge in [0.25, 0.3) is 5.91 Å². The standard InChI is InChI=1S/C16H19ClN4O3S/c17-11-7-10-9-18-20-15(10)14(8-11)16(22)19-12-3-5-21(6-4-12)25(23,24)13-1-2-13/h7-9,12-13H,1-6H2,(H,18,20)(H,19,22). The zero-order valence-corrected chi connectivity index (χ0v) is 15.1. The molecule has 0 unspecified atom stereocenters. The van der Waals surface area contributed by atoms with E-state index >= 15 is 0 Å². The van der Waals surface area contributed by atoms with Crippen LogP contribution in [0.3, 0.4) is 0 Å². The molecule has 0 radical (unpaired) electrons. The lowest BCUT2D eigenvalue weighted by molar-refractivity contribution is 0.0925. The van der Waals surface area contributed by atoms with E-state index in [-0.39, 0.29) is 17.2 Å². The molecule has 0 bridgehead atoms. The molecule has 1 amide bonds. The third-order valence-corrected chi connectivity index (χ3v) is 7.47. The van der Waals surface area contributed by atoms with Gasteiger partial charge in [0.05, 0.1) is 22.5 Å². The molecule has 25 heavy (non-hydrogen) atoms. The Balaban J connectivity index is 1.43. The number of rotatable bonds is 4. The molecule has 0 spiro atoms. The fourth-order valence-corrected chi connectivity index (χ4v) is 5.39. The molecule has 9 heteroatoms. The molecule has 1 aliphatic heterocycles. The Morgan fingerprint density at radius 1 is 1.24 bits per heavy atom. The van der Waals surface area contributed by atoms with Gasteiger partial charge in [0.1, 0.15) is 0 Å². The fraction of sp³-hybridized carbons (Fsp3) is 0.500. The second-order valence-corrected chi connectivity index (χ2v) is 9.33. The average molecular weight is 383 g/mol. The normalized spacial score (nSPS) is 20.0. The molecule has 2 heterocycles. The Morgan fingerprint density at radius 3 is 2.64 bits per heavy atom. The summed E-state index contributed by atoms with van der Waals surface area (Å²) in [7, 11) is -3.13. The summed E-state index contributed by atoms with van der Waals surface area (Å²) in [6, 6.07) is 3.32. The number of halogens is 1. The van der Waals surface area contributed by atoms with Crippen molar-refractivity contribution >= 4 is 38.4 Å². The highest BCUT2D eigenvalue weighted by molar-refractivity contribution is 7.90. The molecule has 2 aliphatic rings. The smallest absolute Gasteiger partial charge is 0.253 e. The summed E-state index contributed by atoms with van der Waals surface area (Å²) in [5.74, 6) is -0.222. The van der Waals surface area contributed by atoms with Crippen LogP contribution in [0.1, 0.15) is 36.0 Å². The number of nitrogens with zero attached hydrogens (tertiary/aromatic N) is 2. The highest BCUT2D eigenvalue weighted by atomic mass is 35.5. The summed E-state index contributed by atoms with van der Waals surface area (Å²) in [5, 5.41) is 10.8. The van der Waals surface area contributed by atoms with Crippen LogP contribution >= 0.6 is 11.6 Å². The first-order chi connectivity index (χ1) is 11.9. The highest BCUT2D eigenvalue weighted by Gasteiger charge is 2.41. The van der Waals surface area contributed by atoms with E-state index in [9.17, 15) is 13.2 Å². The number of aromatic amines is 1. The van der Waals surface area contributed by atoms with Gasteiger partial charge in [-0.1, -0.05) is 11.6 Å². The minimum atomic E-state index is -3.13. The number of benzene rings is 1. The molecule has 1 saturated heterocycles. The van der Waals surface area contributed by atoms with Gasteiger partial charge in [-0.25, -0.2) is 12.7 Å². The van der Waals surface area contributed by atoms with E-state index in [4.69, 9.17) is 11.6 Å². The SMILES string of the molecule is O=C(NC1CCN(S(=O)(=O)C2CC2)CC1)c1cc(Cl)cc2cn[nH]c12. The van der Waals surface area contributed by atoms with Crippen LogP contribution in [0.25, 0.3) is 10.9 Å². The third kappa shape index (κ3) is 3.26. The maximum atomic E-state index is 12.6. The molecule has 1 saturated carbocycles. The second kappa shape index (κ2) is 6.26. The largest absolute Gasteiger partial charge is 0.349 e. The Hall–Kier alpha value is -1.64. The van der Waals surface area contributed by atoms with Crippen molar-refractivity contribution in [2.24, 2.45) is 0 Å². The Kier molecular flexibility index (Phi) is 4.21. The number of hydrogen-bond acceptors (Lipinski definition) is 4. The van der Waals surface area contributed by atoms with Crippen molar-refractivity contribution in [2.45, 2.75) is 37.0 Å². The molecule has 2 N–H and O–H groups in total. The second-order valence-electron chi connectivity index (χ2n) is 6.68. The molecule has 2 aromatic rings. The van der Waals surface area contributed by atoms with Crippen molar-refractivity contribution in [3.8, 4) is 0 Å². The number of H-pyrrole nitrogens is 1. The van der Waals surface area contributed by atoms with Crippen LogP contribution in [0.4, 0.5) is 0 Å².